The Balaban J connectivity index is 1.81. The van der Waals surface area contributed by atoms with Crippen LogP contribution in [0.3, 0.4) is 0 Å². The quantitative estimate of drug-likeness (QED) is 0.712. The smallest absolute Gasteiger partial charge is 0.265 e. The molecular weight excluding hydrogens is 440 g/mol. The molecule has 24 heavy (non-hydrogen) atoms. The molecule has 2 aromatic heterocycles. The lowest BCUT2D eigenvalue weighted by atomic mass is 9.85. The van der Waals surface area contributed by atoms with Crippen molar-refractivity contribution >= 4 is 47.3 Å². The average Bonchev–Trinajstić information content (AvgIpc) is 3.00. The van der Waals surface area contributed by atoms with Gasteiger partial charge >= 0.3 is 0 Å². The summed E-state index contributed by atoms with van der Waals surface area (Å²) in [6, 6.07) is 0. The van der Waals surface area contributed by atoms with Crippen LogP contribution in [0.15, 0.2) is 25.4 Å². The molecule has 0 unspecified atom stereocenters. The average molecular weight is 455 g/mol. The predicted molar refractivity (Wildman–Crippen MR) is 91.6 cm³/mol. The number of aryl methyl sites for hydroxylation is 1. The molecule has 1 N–H and O–H groups in total. The van der Waals surface area contributed by atoms with Crippen molar-refractivity contribution in [1.82, 2.24) is 18.9 Å². The van der Waals surface area contributed by atoms with Crippen LogP contribution in [-0.4, -0.2) is 31.6 Å². The third-order valence-electron chi connectivity index (χ3n) is 3.78. The fourth-order valence-corrected chi connectivity index (χ4v) is 7.66. The van der Waals surface area contributed by atoms with E-state index in [2.05, 4.69) is 26.0 Å². The molecule has 0 amide bonds. The molecule has 1 aliphatic rings. The predicted octanol–water partition coefficient (Wildman–Crippen LogP) is 1.88. The van der Waals surface area contributed by atoms with Gasteiger partial charge in [0.2, 0.25) is 0 Å². The zero-order valence-electron chi connectivity index (χ0n) is 12.6. The molecule has 0 aromatic carbocycles. The fourth-order valence-electron chi connectivity index (χ4n) is 2.35. The van der Waals surface area contributed by atoms with Gasteiger partial charge in [-0.2, -0.15) is 5.10 Å². The zero-order valence-corrected chi connectivity index (χ0v) is 16.7. The maximum absolute atomic E-state index is 12.4. The first-order valence-electron chi connectivity index (χ1n) is 7.11. The Kier molecular flexibility index (Phi) is 4.86. The number of hydrogen-bond acceptors (Lipinski definition) is 7. The summed E-state index contributed by atoms with van der Waals surface area (Å²) in [6.45, 7) is 2.14. The molecule has 2 heterocycles. The summed E-state index contributed by atoms with van der Waals surface area (Å²) < 4.78 is 52.9. The van der Waals surface area contributed by atoms with E-state index in [1.165, 1.54) is 19.5 Å². The Morgan fingerprint density at radius 1 is 1.33 bits per heavy atom. The number of aromatic nitrogens is 3. The van der Waals surface area contributed by atoms with E-state index in [1.54, 1.807) is 8.81 Å². The lowest BCUT2D eigenvalue weighted by Gasteiger charge is -2.24. The number of sulfonamides is 2. The van der Waals surface area contributed by atoms with Crippen molar-refractivity contribution in [2.24, 2.45) is 5.92 Å². The summed E-state index contributed by atoms with van der Waals surface area (Å²) in [5, 5.41) is 4.01. The van der Waals surface area contributed by atoms with E-state index in [-0.39, 0.29) is 14.8 Å². The molecule has 132 valence electrons. The van der Waals surface area contributed by atoms with Crippen LogP contribution in [0.4, 0.5) is 0 Å². The Labute approximate surface area is 152 Å². The number of hydrogen-bond donors (Lipinski definition) is 1. The number of halogens is 1. The number of rotatable bonds is 6. The van der Waals surface area contributed by atoms with E-state index in [0.29, 0.717) is 16.4 Å². The molecule has 0 atom stereocenters. The molecule has 2 aromatic rings. The fraction of sp³-hybridized carbons (Fsp3) is 0.500. The maximum Gasteiger partial charge on any atom is 0.265 e. The summed E-state index contributed by atoms with van der Waals surface area (Å²) in [4.78, 5) is 3.76. The Morgan fingerprint density at radius 2 is 2.04 bits per heavy atom. The summed E-state index contributed by atoms with van der Waals surface area (Å²) in [7, 11) is -8.47. The van der Waals surface area contributed by atoms with Gasteiger partial charge in [0, 0.05) is 12.7 Å². The maximum atomic E-state index is 12.4. The summed E-state index contributed by atoms with van der Waals surface area (Å²) in [5.41, 5.74) is 0.232. The highest BCUT2D eigenvalue weighted by atomic mass is 79.9. The van der Waals surface area contributed by atoms with Crippen LogP contribution in [0, 0.1) is 12.8 Å². The van der Waals surface area contributed by atoms with Gasteiger partial charge in [0.15, 0.2) is 8.13 Å². The highest BCUT2D eigenvalue weighted by Gasteiger charge is 2.29. The number of nitrogens with one attached hydrogen (secondary N) is 1. The molecule has 0 bridgehead atoms. The Morgan fingerprint density at radius 3 is 2.58 bits per heavy atom. The second kappa shape index (κ2) is 6.48. The van der Waals surface area contributed by atoms with Crippen LogP contribution < -0.4 is 4.13 Å². The summed E-state index contributed by atoms with van der Waals surface area (Å²) >= 11 is 3.94. The van der Waals surface area contributed by atoms with Crippen LogP contribution in [0.2, 0.25) is 0 Å². The van der Waals surface area contributed by atoms with Crippen molar-refractivity contribution in [3.63, 3.8) is 0 Å². The largest absolute Gasteiger partial charge is 0.271 e. The van der Waals surface area contributed by atoms with Crippen LogP contribution in [0.25, 0.3) is 0 Å². The van der Waals surface area contributed by atoms with Gasteiger partial charge in [0.1, 0.15) is 4.90 Å². The standard InChI is InChI=1S/C12H15BrN4O4S3/c1-8-11(22-12(13)15-8)24(20,21)16-23(18,19)10-5-14-17(7-10)6-9-3-2-4-9/h5,7,9,16H,2-4,6H2,1H3. The summed E-state index contributed by atoms with van der Waals surface area (Å²) in [5.74, 6) is 0.509. The van der Waals surface area contributed by atoms with E-state index < -0.39 is 20.0 Å². The monoisotopic (exact) mass is 454 g/mol. The van der Waals surface area contributed by atoms with E-state index in [0.717, 1.165) is 30.4 Å². The molecule has 1 saturated carbocycles. The van der Waals surface area contributed by atoms with Crippen molar-refractivity contribution in [3.8, 4) is 0 Å². The van der Waals surface area contributed by atoms with Gasteiger partial charge in [-0.3, -0.25) is 4.68 Å². The third-order valence-corrected chi connectivity index (χ3v) is 9.46. The van der Waals surface area contributed by atoms with Gasteiger partial charge < -0.3 is 0 Å². The minimum Gasteiger partial charge on any atom is -0.271 e. The molecule has 3 rings (SSSR count). The molecule has 0 radical (unpaired) electrons. The first-order valence-corrected chi connectivity index (χ1v) is 11.7. The van der Waals surface area contributed by atoms with E-state index >= 15 is 0 Å². The van der Waals surface area contributed by atoms with Gasteiger partial charge in [-0.1, -0.05) is 21.9 Å². The van der Waals surface area contributed by atoms with Crippen molar-refractivity contribution in [2.75, 3.05) is 0 Å². The highest BCUT2D eigenvalue weighted by Crippen LogP contribution is 2.29. The molecule has 0 saturated heterocycles. The minimum atomic E-state index is -4.23. The number of nitrogens with zero attached hydrogens (tertiary/aromatic N) is 3. The SMILES string of the molecule is Cc1nc(Br)sc1S(=O)(=O)NS(=O)(=O)c1cnn(CC2CCC2)c1. The van der Waals surface area contributed by atoms with Gasteiger partial charge in [-0.05, 0) is 41.6 Å². The van der Waals surface area contributed by atoms with E-state index in [9.17, 15) is 16.8 Å². The van der Waals surface area contributed by atoms with Crippen molar-refractivity contribution < 1.29 is 16.8 Å². The first-order chi connectivity index (χ1) is 11.2. The van der Waals surface area contributed by atoms with Gasteiger partial charge in [0.25, 0.3) is 20.0 Å². The van der Waals surface area contributed by atoms with Crippen molar-refractivity contribution in [2.45, 2.75) is 41.8 Å². The zero-order chi connectivity index (χ0) is 17.5. The molecule has 12 heteroatoms. The van der Waals surface area contributed by atoms with Crippen molar-refractivity contribution in [3.05, 3.63) is 22.0 Å². The Hall–Kier alpha value is -0.820. The topological polar surface area (TPSA) is 111 Å². The van der Waals surface area contributed by atoms with E-state index in [4.69, 9.17) is 0 Å². The second-order valence-corrected chi connectivity index (χ2v) is 11.7. The highest BCUT2D eigenvalue weighted by molar-refractivity contribution is 9.11. The van der Waals surface area contributed by atoms with E-state index in [1.807, 2.05) is 0 Å². The molecule has 1 fully saturated rings. The normalized spacial score (nSPS) is 16.2. The second-order valence-electron chi connectivity index (χ2n) is 5.62. The minimum absolute atomic E-state index is 0.139. The third kappa shape index (κ3) is 3.72. The molecular formula is C12H15BrN4O4S3. The lowest BCUT2D eigenvalue weighted by Crippen LogP contribution is -2.30. The lowest BCUT2D eigenvalue weighted by molar-refractivity contribution is 0.266. The summed E-state index contributed by atoms with van der Waals surface area (Å²) in [6.07, 6.45) is 5.90. The van der Waals surface area contributed by atoms with Gasteiger partial charge in [-0.25, -0.2) is 21.8 Å². The van der Waals surface area contributed by atoms with Crippen LogP contribution >= 0.6 is 27.3 Å². The van der Waals surface area contributed by atoms with Crippen molar-refractivity contribution in [1.29, 1.82) is 0 Å². The van der Waals surface area contributed by atoms with Gasteiger partial charge in [0.05, 0.1) is 11.9 Å². The molecule has 1 aliphatic carbocycles. The van der Waals surface area contributed by atoms with Crippen LogP contribution in [0.5, 0.6) is 0 Å². The molecule has 0 spiro atoms. The Bertz CT molecular complexity index is 960. The first kappa shape index (κ1) is 18.0. The van der Waals surface area contributed by atoms with Crippen LogP contribution in [0.1, 0.15) is 25.0 Å². The molecule has 0 aliphatic heterocycles. The van der Waals surface area contributed by atoms with Gasteiger partial charge in [-0.15, -0.1) is 0 Å². The van der Waals surface area contributed by atoms with Crippen LogP contribution in [-0.2, 0) is 26.6 Å². The number of thiazole rings is 1. The molecule has 8 nitrogen and oxygen atoms in total.